The average Bonchev–Trinajstić information content (AvgIpc) is 2.10. The van der Waals surface area contributed by atoms with Crippen LogP contribution < -0.4 is 10.6 Å². The Kier molecular flexibility index (Phi) is 8.18. The molecule has 4 heteroatoms. The first kappa shape index (κ1) is 10.4. The molecule has 0 atom stereocenters. The Morgan fingerprint density at radius 2 is 1.25 bits per heavy atom. The molecule has 0 fully saturated rings. The third-order valence-electron chi connectivity index (χ3n) is 0.999. The fourth-order valence-corrected chi connectivity index (χ4v) is 0.526. The topological polar surface area (TPSA) is 58.2 Å². The molecule has 2 N–H and O–H groups in total. The molecule has 0 aromatic rings. The summed E-state index contributed by atoms with van der Waals surface area (Å²) in [5.41, 5.74) is 0. The Morgan fingerprint density at radius 3 is 1.58 bits per heavy atom. The standard InChI is InChI=1S/C8H12N2O2/c11-7-1-3-9-5-6-10-4-2-8-12/h1-4,7-10H,5-6H2. The van der Waals surface area contributed by atoms with E-state index in [-0.39, 0.29) is 0 Å². The highest BCUT2D eigenvalue weighted by Crippen LogP contribution is 1.63. The summed E-state index contributed by atoms with van der Waals surface area (Å²) in [4.78, 5) is 19.6. The monoisotopic (exact) mass is 168 g/mol. The van der Waals surface area contributed by atoms with Crippen molar-refractivity contribution in [3.8, 4) is 0 Å². The van der Waals surface area contributed by atoms with Crippen LogP contribution in [0, 0.1) is 0 Å². The Hall–Kier alpha value is -1.58. The molecular formula is C8H12N2O2. The van der Waals surface area contributed by atoms with Gasteiger partial charge in [-0.05, 0) is 24.6 Å². The molecule has 0 aliphatic carbocycles. The van der Waals surface area contributed by atoms with Crippen LogP contribution in [0.25, 0.3) is 0 Å². The van der Waals surface area contributed by atoms with E-state index >= 15 is 0 Å². The van der Waals surface area contributed by atoms with E-state index in [1.165, 1.54) is 12.2 Å². The number of hydrogen-bond donors (Lipinski definition) is 2. The van der Waals surface area contributed by atoms with Gasteiger partial charge in [-0.25, -0.2) is 0 Å². The van der Waals surface area contributed by atoms with Gasteiger partial charge in [-0.3, -0.25) is 9.59 Å². The molecule has 0 radical (unpaired) electrons. The van der Waals surface area contributed by atoms with Crippen LogP contribution >= 0.6 is 0 Å². The number of nitrogens with one attached hydrogen (secondary N) is 2. The largest absolute Gasteiger partial charge is 0.389 e. The van der Waals surface area contributed by atoms with E-state index in [0.29, 0.717) is 25.7 Å². The van der Waals surface area contributed by atoms with Gasteiger partial charge in [-0.15, -0.1) is 0 Å². The van der Waals surface area contributed by atoms with Crippen molar-refractivity contribution in [1.82, 2.24) is 10.6 Å². The zero-order valence-corrected chi connectivity index (χ0v) is 6.69. The highest BCUT2D eigenvalue weighted by molar-refractivity contribution is 5.64. The minimum atomic E-state index is 0.701. The third-order valence-corrected chi connectivity index (χ3v) is 0.999. The molecule has 0 aromatic carbocycles. The normalized spacial score (nSPS) is 10.3. The molecule has 4 nitrogen and oxygen atoms in total. The SMILES string of the molecule is O=CC=CNCCNC=CC=O. The lowest BCUT2D eigenvalue weighted by molar-refractivity contribution is -0.104. The average molecular weight is 168 g/mol. The molecule has 0 heterocycles. The van der Waals surface area contributed by atoms with Gasteiger partial charge in [0.15, 0.2) is 0 Å². The predicted octanol–water partition coefficient (Wildman–Crippen LogP) is -0.409. The number of carbonyl (C=O) groups is 2. The van der Waals surface area contributed by atoms with Crippen LogP contribution in [0.1, 0.15) is 0 Å². The van der Waals surface area contributed by atoms with Crippen molar-refractivity contribution in [2.75, 3.05) is 13.1 Å². The molecule has 0 saturated heterocycles. The van der Waals surface area contributed by atoms with Crippen molar-refractivity contribution in [2.45, 2.75) is 0 Å². The van der Waals surface area contributed by atoms with E-state index in [1.807, 2.05) is 0 Å². The molecule has 0 aliphatic heterocycles. The maximum Gasteiger partial charge on any atom is 0.144 e. The van der Waals surface area contributed by atoms with Gasteiger partial charge in [0.25, 0.3) is 0 Å². The van der Waals surface area contributed by atoms with Crippen molar-refractivity contribution in [1.29, 1.82) is 0 Å². The van der Waals surface area contributed by atoms with Crippen molar-refractivity contribution < 1.29 is 9.59 Å². The molecular weight excluding hydrogens is 156 g/mol. The van der Waals surface area contributed by atoms with Gasteiger partial charge in [0, 0.05) is 13.1 Å². The van der Waals surface area contributed by atoms with Crippen molar-refractivity contribution >= 4 is 12.6 Å². The van der Waals surface area contributed by atoms with Gasteiger partial charge in [0.1, 0.15) is 12.6 Å². The Morgan fingerprint density at radius 1 is 0.833 bits per heavy atom. The van der Waals surface area contributed by atoms with Gasteiger partial charge in [0.2, 0.25) is 0 Å². The smallest absolute Gasteiger partial charge is 0.144 e. The molecule has 0 rings (SSSR count). The van der Waals surface area contributed by atoms with Crippen LogP contribution in [0.2, 0.25) is 0 Å². The van der Waals surface area contributed by atoms with Crippen molar-refractivity contribution in [2.24, 2.45) is 0 Å². The van der Waals surface area contributed by atoms with Crippen molar-refractivity contribution in [3.63, 3.8) is 0 Å². The molecule has 0 aromatic heterocycles. The zero-order chi connectivity index (χ0) is 9.07. The summed E-state index contributed by atoms with van der Waals surface area (Å²) in [6, 6.07) is 0. The molecule has 0 saturated carbocycles. The minimum Gasteiger partial charge on any atom is -0.389 e. The summed E-state index contributed by atoms with van der Waals surface area (Å²) >= 11 is 0. The molecule has 0 unspecified atom stereocenters. The van der Waals surface area contributed by atoms with E-state index in [1.54, 1.807) is 12.4 Å². The quantitative estimate of drug-likeness (QED) is 0.308. The first-order valence-electron chi connectivity index (χ1n) is 3.59. The number of rotatable bonds is 7. The first-order chi connectivity index (χ1) is 5.91. The van der Waals surface area contributed by atoms with Gasteiger partial charge >= 0.3 is 0 Å². The summed E-state index contributed by atoms with van der Waals surface area (Å²) in [5.74, 6) is 0. The molecule has 12 heavy (non-hydrogen) atoms. The van der Waals surface area contributed by atoms with Crippen LogP contribution in [-0.2, 0) is 9.59 Å². The fraction of sp³-hybridized carbons (Fsp3) is 0.250. The Balaban J connectivity index is 3.10. The van der Waals surface area contributed by atoms with Crippen LogP contribution in [0.5, 0.6) is 0 Å². The maximum atomic E-state index is 9.79. The number of aldehydes is 2. The van der Waals surface area contributed by atoms with Crippen LogP contribution in [0.15, 0.2) is 24.6 Å². The van der Waals surface area contributed by atoms with Gasteiger partial charge in [-0.1, -0.05) is 0 Å². The first-order valence-corrected chi connectivity index (χ1v) is 3.59. The van der Waals surface area contributed by atoms with Gasteiger partial charge < -0.3 is 10.6 Å². The highest BCUT2D eigenvalue weighted by atomic mass is 16.1. The van der Waals surface area contributed by atoms with Gasteiger partial charge in [0.05, 0.1) is 0 Å². The van der Waals surface area contributed by atoms with Crippen LogP contribution in [0.4, 0.5) is 0 Å². The third kappa shape index (κ3) is 8.42. The van der Waals surface area contributed by atoms with E-state index in [9.17, 15) is 9.59 Å². The number of hydrogen-bond acceptors (Lipinski definition) is 4. The summed E-state index contributed by atoms with van der Waals surface area (Å²) in [6.07, 6.45) is 7.29. The highest BCUT2D eigenvalue weighted by Gasteiger charge is 1.77. The maximum absolute atomic E-state index is 9.79. The van der Waals surface area contributed by atoms with Gasteiger partial charge in [-0.2, -0.15) is 0 Å². The molecule has 0 aliphatic rings. The lowest BCUT2D eigenvalue weighted by Crippen LogP contribution is -2.20. The lowest BCUT2D eigenvalue weighted by Gasteiger charge is -1.98. The van der Waals surface area contributed by atoms with Crippen LogP contribution in [0.3, 0.4) is 0 Å². The summed E-state index contributed by atoms with van der Waals surface area (Å²) in [6.45, 7) is 1.40. The summed E-state index contributed by atoms with van der Waals surface area (Å²) in [5, 5.41) is 5.73. The van der Waals surface area contributed by atoms with Crippen LogP contribution in [-0.4, -0.2) is 25.7 Å². The summed E-state index contributed by atoms with van der Waals surface area (Å²) < 4.78 is 0. The molecule has 66 valence electrons. The van der Waals surface area contributed by atoms with E-state index in [2.05, 4.69) is 10.6 Å². The lowest BCUT2D eigenvalue weighted by atomic mass is 10.6. The Labute approximate surface area is 71.3 Å². The second kappa shape index (κ2) is 9.42. The number of carbonyl (C=O) groups excluding carboxylic acids is 2. The van der Waals surface area contributed by atoms with E-state index in [4.69, 9.17) is 0 Å². The fourth-order valence-electron chi connectivity index (χ4n) is 0.526. The molecule has 0 amide bonds. The molecule has 0 bridgehead atoms. The number of allylic oxidation sites excluding steroid dienone is 2. The Bertz CT molecular complexity index is 156. The van der Waals surface area contributed by atoms with Crippen molar-refractivity contribution in [3.05, 3.63) is 24.6 Å². The minimum absolute atomic E-state index is 0.701. The second-order valence-electron chi connectivity index (χ2n) is 1.90. The summed E-state index contributed by atoms with van der Waals surface area (Å²) in [7, 11) is 0. The zero-order valence-electron chi connectivity index (χ0n) is 6.69. The van der Waals surface area contributed by atoms with E-state index < -0.39 is 0 Å². The molecule has 0 spiro atoms. The predicted molar refractivity (Wildman–Crippen MR) is 46.4 cm³/mol. The second-order valence-corrected chi connectivity index (χ2v) is 1.90. The van der Waals surface area contributed by atoms with E-state index in [0.717, 1.165) is 0 Å².